The van der Waals surface area contributed by atoms with Crippen LogP contribution in [0.4, 0.5) is 0 Å². The van der Waals surface area contributed by atoms with Crippen LogP contribution in [0.1, 0.15) is 60.7 Å². The van der Waals surface area contributed by atoms with Crippen molar-refractivity contribution in [1.29, 1.82) is 0 Å². The van der Waals surface area contributed by atoms with Gasteiger partial charge in [0.15, 0.2) is 0 Å². The molecule has 2 aromatic carbocycles. The fourth-order valence-electron chi connectivity index (χ4n) is 2.49. The molecule has 0 spiro atoms. The van der Waals surface area contributed by atoms with Crippen molar-refractivity contribution in [2.75, 3.05) is 0 Å². The first kappa shape index (κ1) is 26.3. The SMILES string of the molecule is CCCCC(C(C)O)C(C)O.O=C(O)c1ccccc1.O=C(O)c1ccccc1. The Bertz CT molecular complexity index is 626. The van der Waals surface area contributed by atoms with Gasteiger partial charge in [-0.1, -0.05) is 56.2 Å². The number of benzene rings is 2. The highest BCUT2D eigenvalue weighted by Gasteiger charge is 2.19. The maximum Gasteiger partial charge on any atom is 0.335 e. The van der Waals surface area contributed by atoms with Gasteiger partial charge in [-0.25, -0.2) is 9.59 Å². The summed E-state index contributed by atoms with van der Waals surface area (Å²) < 4.78 is 0. The fourth-order valence-corrected chi connectivity index (χ4v) is 2.49. The van der Waals surface area contributed by atoms with Gasteiger partial charge in [0.05, 0.1) is 23.3 Å². The highest BCUT2D eigenvalue weighted by atomic mass is 16.4. The number of rotatable bonds is 7. The van der Waals surface area contributed by atoms with Crippen LogP contribution in [0.5, 0.6) is 0 Å². The molecule has 0 aliphatic carbocycles. The van der Waals surface area contributed by atoms with E-state index in [9.17, 15) is 19.8 Å². The van der Waals surface area contributed by atoms with Crippen LogP contribution in [-0.2, 0) is 0 Å². The average Bonchev–Trinajstić information content (AvgIpc) is 2.70. The molecule has 0 amide bonds. The monoisotopic (exact) mass is 404 g/mol. The van der Waals surface area contributed by atoms with E-state index >= 15 is 0 Å². The second-order valence-corrected chi connectivity index (χ2v) is 6.63. The lowest BCUT2D eigenvalue weighted by atomic mass is 9.92. The van der Waals surface area contributed by atoms with Gasteiger partial charge < -0.3 is 20.4 Å². The third kappa shape index (κ3) is 12.4. The molecule has 0 radical (unpaired) electrons. The van der Waals surface area contributed by atoms with Crippen LogP contribution in [0, 0.1) is 5.92 Å². The second kappa shape index (κ2) is 15.2. The Kier molecular flexibility index (Phi) is 13.8. The Balaban J connectivity index is 0.000000408. The van der Waals surface area contributed by atoms with Crippen molar-refractivity contribution < 1.29 is 30.0 Å². The lowest BCUT2D eigenvalue weighted by Crippen LogP contribution is -2.27. The molecule has 2 aromatic rings. The van der Waals surface area contributed by atoms with Crippen molar-refractivity contribution in [3.05, 3.63) is 71.8 Å². The zero-order chi connectivity index (χ0) is 22.2. The van der Waals surface area contributed by atoms with E-state index in [-0.39, 0.29) is 18.1 Å². The molecule has 2 unspecified atom stereocenters. The Morgan fingerprint density at radius 1 is 0.759 bits per heavy atom. The molecule has 6 heteroatoms. The summed E-state index contributed by atoms with van der Waals surface area (Å²) in [5.41, 5.74) is 0.662. The van der Waals surface area contributed by atoms with Gasteiger partial charge in [0.2, 0.25) is 0 Å². The molecule has 0 saturated carbocycles. The van der Waals surface area contributed by atoms with E-state index in [0.29, 0.717) is 11.1 Å². The maximum absolute atomic E-state index is 10.2. The fraction of sp³-hybridized carbons (Fsp3) is 0.391. The predicted octanol–water partition coefficient (Wildman–Crippen LogP) is 4.32. The molecule has 0 fully saturated rings. The Labute approximate surface area is 172 Å². The lowest BCUT2D eigenvalue weighted by molar-refractivity contribution is 0.0261. The van der Waals surface area contributed by atoms with Crippen LogP contribution < -0.4 is 0 Å². The van der Waals surface area contributed by atoms with E-state index < -0.39 is 11.9 Å². The Morgan fingerprint density at radius 2 is 1.10 bits per heavy atom. The quantitative estimate of drug-likeness (QED) is 0.546. The van der Waals surface area contributed by atoms with E-state index in [0.717, 1.165) is 19.3 Å². The van der Waals surface area contributed by atoms with Crippen molar-refractivity contribution in [3.8, 4) is 0 Å². The van der Waals surface area contributed by atoms with Crippen molar-refractivity contribution >= 4 is 11.9 Å². The smallest absolute Gasteiger partial charge is 0.335 e. The van der Waals surface area contributed by atoms with E-state index in [4.69, 9.17) is 10.2 Å². The molecule has 29 heavy (non-hydrogen) atoms. The van der Waals surface area contributed by atoms with Gasteiger partial charge >= 0.3 is 11.9 Å². The summed E-state index contributed by atoms with van der Waals surface area (Å²) in [6.07, 6.45) is 2.35. The van der Waals surface area contributed by atoms with Crippen LogP contribution >= 0.6 is 0 Å². The molecule has 0 heterocycles. The van der Waals surface area contributed by atoms with E-state index in [1.165, 1.54) is 0 Å². The molecule has 0 aliphatic heterocycles. The topological polar surface area (TPSA) is 115 Å². The van der Waals surface area contributed by atoms with E-state index in [2.05, 4.69) is 6.92 Å². The number of carboxylic acid groups (broad SMARTS) is 2. The molecule has 2 rings (SSSR count). The Hall–Kier alpha value is -2.70. The first-order valence-electron chi connectivity index (χ1n) is 9.63. The molecule has 6 nitrogen and oxygen atoms in total. The van der Waals surface area contributed by atoms with Gasteiger partial charge in [0.1, 0.15) is 0 Å². The largest absolute Gasteiger partial charge is 0.478 e. The van der Waals surface area contributed by atoms with E-state index in [1.807, 2.05) is 0 Å². The van der Waals surface area contributed by atoms with Gasteiger partial charge in [0, 0.05) is 5.92 Å². The second-order valence-electron chi connectivity index (χ2n) is 6.63. The van der Waals surface area contributed by atoms with Crippen LogP contribution in [0.3, 0.4) is 0 Å². The molecular formula is C23H32O6. The summed E-state index contributed by atoms with van der Waals surface area (Å²) in [7, 11) is 0. The minimum atomic E-state index is -0.879. The number of aliphatic hydroxyl groups is 2. The summed E-state index contributed by atoms with van der Waals surface area (Å²) >= 11 is 0. The number of hydrogen-bond acceptors (Lipinski definition) is 4. The molecule has 0 saturated heterocycles. The molecule has 0 bridgehead atoms. The zero-order valence-corrected chi connectivity index (χ0v) is 17.2. The minimum Gasteiger partial charge on any atom is -0.478 e. The van der Waals surface area contributed by atoms with Gasteiger partial charge in [-0.2, -0.15) is 0 Å². The van der Waals surface area contributed by atoms with Crippen LogP contribution in [0.25, 0.3) is 0 Å². The molecule has 0 aromatic heterocycles. The average molecular weight is 405 g/mol. The molecule has 160 valence electrons. The first-order chi connectivity index (χ1) is 13.7. The molecule has 0 aliphatic rings. The third-order valence-corrected chi connectivity index (χ3v) is 4.17. The summed E-state index contributed by atoms with van der Waals surface area (Å²) in [5.74, 6) is -1.71. The maximum atomic E-state index is 10.2. The standard InChI is InChI=1S/C9H20O2.2C7H6O2/c1-4-5-6-9(7(2)10)8(3)11;2*8-7(9)6-4-2-1-3-5-6/h7-11H,4-6H2,1-3H3;2*1-5H,(H,8,9). The van der Waals surface area contributed by atoms with Crippen LogP contribution in [-0.4, -0.2) is 44.6 Å². The normalized spacial score (nSPS) is 12.9. The van der Waals surface area contributed by atoms with Gasteiger partial charge in [-0.05, 0) is 44.5 Å². The number of carboxylic acids is 2. The van der Waals surface area contributed by atoms with Crippen LogP contribution in [0.15, 0.2) is 60.7 Å². The van der Waals surface area contributed by atoms with Crippen molar-refractivity contribution in [2.45, 2.75) is 52.2 Å². The number of aliphatic hydroxyl groups excluding tert-OH is 2. The molecule has 4 N–H and O–H groups in total. The molecule has 2 atom stereocenters. The van der Waals surface area contributed by atoms with Gasteiger partial charge in [-0.15, -0.1) is 0 Å². The highest BCUT2D eigenvalue weighted by molar-refractivity contribution is 5.87. The zero-order valence-electron chi connectivity index (χ0n) is 17.2. The Morgan fingerprint density at radius 3 is 1.31 bits per heavy atom. The van der Waals surface area contributed by atoms with Gasteiger partial charge in [-0.3, -0.25) is 0 Å². The first-order valence-corrected chi connectivity index (χ1v) is 9.63. The molecular weight excluding hydrogens is 372 g/mol. The summed E-state index contributed by atoms with van der Waals surface area (Å²) in [6, 6.07) is 16.6. The third-order valence-electron chi connectivity index (χ3n) is 4.17. The number of aromatic carboxylic acids is 2. The minimum absolute atomic E-state index is 0.0509. The summed E-state index contributed by atoms with van der Waals surface area (Å²) in [4.78, 5) is 20.4. The summed E-state index contributed by atoms with van der Waals surface area (Å²) in [6.45, 7) is 5.60. The lowest BCUT2D eigenvalue weighted by Gasteiger charge is -2.22. The van der Waals surface area contributed by atoms with Gasteiger partial charge in [0.25, 0.3) is 0 Å². The number of hydrogen-bond donors (Lipinski definition) is 4. The van der Waals surface area contributed by atoms with Crippen LogP contribution in [0.2, 0.25) is 0 Å². The summed E-state index contributed by atoms with van der Waals surface area (Å²) in [5, 5.41) is 35.3. The van der Waals surface area contributed by atoms with Crippen molar-refractivity contribution in [3.63, 3.8) is 0 Å². The highest BCUT2D eigenvalue weighted by Crippen LogP contribution is 2.16. The van der Waals surface area contributed by atoms with Crippen molar-refractivity contribution in [1.82, 2.24) is 0 Å². The number of carbonyl (C=O) groups is 2. The number of unbranched alkanes of at least 4 members (excludes halogenated alkanes) is 1. The van der Waals surface area contributed by atoms with E-state index in [1.54, 1.807) is 74.5 Å². The van der Waals surface area contributed by atoms with Crippen molar-refractivity contribution in [2.24, 2.45) is 5.92 Å². The predicted molar refractivity (Wildman–Crippen MR) is 113 cm³/mol.